The van der Waals surface area contributed by atoms with Crippen LogP contribution in [0.4, 0.5) is 0 Å². The molecular weight excluding hydrogens is 294 g/mol. The van der Waals surface area contributed by atoms with Crippen molar-refractivity contribution in [3.05, 3.63) is 84.1 Å². The zero-order chi connectivity index (χ0) is 16.4. The van der Waals surface area contributed by atoms with E-state index in [0.717, 1.165) is 22.0 Å². The van der Waals surface area contributed by atoms with Crippen LogP contribution in [0.1, 0.15) is 11.1 Å². The highest BCUT2D eigenvalue weighted by Crippen LogP contribution is 2.29. The number of para-hydroxylation sites is 1. The zero-order valence-electron chi connectivity index (χ0n) is 13.4. The molecule has 0 aliphatic rings. The van der Waals surface area contributed by atoms with E-state index in [1.165, 1.54) is 16.5 Å². The molecule has 0 spiro atoms. The minimum Gasteiger partial charge on any atom is -0.496 e. The van der Waals surface area contributed by atoms with E-state index in [9.17, 15) is 0 Å². The summed E-state index contributed by atoms with van der Waals surface area (Å²) in [5.74, 6) is 0.900. The molecule has 3 aromatic carbocycles. The third-order valence-corrected chi connectivity index (χ3v) is 4.26. The summed E-state index contributed by atoms with van der Waals surface area (Å²) in [6.07, 6.45) is 6.16. The molecule has 0 N–H and O–H groups in total. The molecule has 1 heterocycles. The van der Waals surface area contributed by atoms with Gasteiger partial charge in [-0.3, -0.25) is 4.98 Å². The van der Waals surface area contributed by atoms with E-state index in [-0.39, 0.29) is 0 Å². The summed E-state index contributed by atoms with van der Waals surface area (Å²) in [7, 11) is 1.71. The summed E-state index contributed by atoms with van der Waals surface area (Å²) in [5.41, 5.74) is 3.35. The van der Waals surface area contributed by atoms with Crippen molar-refractivity contribution in [2.24, 2.45) is 0 Å². The number of aromatic nitrogens is 1. The molecule has 0 saturated heterocycles. The largest absolute Gasteiger partial charge is 0.496 e. The quantitative estimate of drug-likeness (QED) is 0.493. The maximum Gasteiger partial charge on any atom is 0.126 e. The number of pyridine rings is 1. The standard InChI is InChI=1S/C22H17NO/c1-24-22-13-12-16(18-6-2-3-8-20(18)22)10-11-17-14-15-23-21-9-5-4-7-19(17)21/h2-15H,1H3/b11-10+. The molecule has 0 aliphatic carbocycles. The molecule has 0 aliphatic heterocycles. The SMILES string of the molecule is COc1ccc(/C=C/c2ccnc3ccccc23)c2ccccc12. The molecule has 4 rings (SSSR count). The van der Waals surface area contributed by atoms with Gasteiger partial charge < -0.3 is 4.74 Å². The van der Waals surface area contributed by atoms with Gasteiger partial charge in [0.05, 0.1) is 12.6 Å². The first-order valence-corrected chi connectivity index (χ1v) is 7.94. The molecule has 0 radical (unpaired) electrons. The number of benzene rings is 3. The molecule has 24 heavy (non-hydrogen) atoms. The summed E-state index contributed by atoms with van der Waals surface area (Å²) in [6.45, 7) is 0. The van der Waals surface area contributed by atoms with Crippen LogP contribution in [0.25, 0.3) is 33.8 Å². The summed E-state index contributed by atoms with van der Waals surface area (Å²) in [4.78, 5) is 4.42. The van der Waals surface area contributed by atoms with Crippen molar-refractivity contribution >= 4 is 33.8 Å². The van der Waals surface area contributed by atoms with Crippen LogP contribution in [0.3, 0.4) is 0 Å². The Bertz CT molecular complexity index is 1040. The molecule has 0 amide bonds. The van der Waals surface area contributed by atoms with Crippen LogP contribution in [-0.2, 0) is 0 Å². The highest BCUT2D eigenvalue weighted by atomic mass is 16.5. The van der Waals surface area contributed by atoms with Gasteiger partial charge in [0.2, 0.25) is 0 Å². The number of ether oxygens (including phenoxy) is 1. The molecule has 0 bridgehead atoms. The van der Waals surface area contributed by atoms with Gasteiger partial charge in [0, 0.05) is 17.0 Å². The molecule has 0 unspecified atom stereocenters. The molecule has 0 saturated carbocycles. The lowest BCUT2D eigenvalue weighted by Gasteiger charge is -2.08. The van der Waals surface area contributed by atoms with Crippen molar-refractivity contribution in [3.8, 4) is 5.75 Å². The van der Waals surface area contributed by atoms with Gasteiger partial charge in [-0.05, 0) is 34.7 Å². The van der Waals surface area contributed by atoms with Gasteiger partial charge in [0.1, 0.15) is 5.75 Å². The van der Waals surface area contributed by atoms with Crippen molar-refractivity contribution in [1.29, 1.82) is 0 Å². The maximum atomic E-state index is 5.47. The Labute approximate surface area is 141 Å². The van der Waals surface area contributed by atoms with Crippen LogP contribution in [0.5, 0.6) is 5.75 Å². The van der Waals surface area contributed by atoms with Crippen LogP contribution in [0.2, 0.25) is 0 Å². The Kier molecular flexibility index (Phi) is 3.72. The van der Waals surface area contributed by atoms with Crippen molar-refractivity contribution in [1.82, 2.24) is 4.98 Å². The second-order valence-corrected chi connectivity index (χ2v) is 5.65. The Morgan fingerprint density at radius 2 is 1.38 bits per heavy atom. The second kappa shape index (κ2) is 6.17. The summed E-state index contributed by atoms with van der Waals surface area (Å²) in [5, 5.41) is 3.47. The van der Waals surface area contributed by atoms with Crippen LogP contribution < -0.4 is 4.74 Å². The lowest BCUT2D eigenvalue weighted by Crippen LogP contribution is -1.87. The highest BCUT2D eigenvalue weighted by molar-refractivity contribution is 5.98. The smallest absolute Gasteiger partial charge is 0.126 e. The van der Waals surface area contributed by atoms with Crippen molar-refractivity contribution in [3.63, 3.8) is 0 Å². The molecule has 0 fully saturated rings. The average molecular weight is 311 g/mol. The van der Waals surface area contributed by atoms with Crippen molar-refractivity contribution < 1.29 is 4.74 Å². The van der Waals surface area contributed by atoms with Gasteiger partial charge in [0.15, 0.2) is 0 Å². The molecule has 0 atom stereocenters. The Morgan fingerprint density at radius 3 is 2.17 bits per heavy atom. The maximum absolute atomic E-state index is 5.47. The highest BCUT2D eigenvalue weighted by Gasteiger charge is 2.04. The molecular formula is C22H17NO. The number of hydrogen-bond acceptors (Lipinski definition) is 2. The van der Waals surface area contributed by atoms with E-state index in [1.54, 1.807) is 7.11 Å². The Morgan fingerprint density at radius 1 is 0.708 bits per heavy atom. The first-order valence-electron chi connectivity index (χ1n) is 7.94. The van der Waals surface area contributed by atoms with Gasteiger partial charge >= 0.3 is 0 Å². The lowest BCUT2D eigenvalue weighted by molar-refractivity contribution is 0.420. The molecule has 2 heteroatoms. The third-order valence-electron chi connectivity index (χ3n) is 4.26. The normalized spacial score (nSPS) is 11.4. The van der Waals surface area contributed by atoms with Crippen LogP contribution in [0, 0.1) is 0 Å². The molecule has 1 aromatic heterocycles. The van der Waals surface area contributed by atoms with Gasteiger partial charge in [0.25, 0.3) is 0 Å². The van der Waals surface area contributed by atoms with Crippen LogP contribution >= 0.6 is 0 Å². The average Bonchev–Trinajstić information content (AvgIpc) is 2.66. The second-order valence-electron chi connectivity index (χ2n) is 5.65. The Hall–Kier alpha value is -3.13. The predicted octanol–water partition coefficient (Wildman–Crippen LogP) is 5.57. The van der Waals surface area contributed by atoms with E-state index < -0.39 is 0 Å². The summed E-state index contributed by atoms with van der Waals surface area (Å²) < 4.78 is 5.47. The monoisotopic (exact) mass is 311 g/mol. The summed E-state index contributed by atoms with van der Waals surface area (Å²) >= 11 is 0. The number of hydrogen-bond donors (Lipinski definition) is 0. The minimum absolute atomic E-state index is 0.900. The van der Waals surface area contributed by atoms with Gasteiger partial charge in [-0.2, -0.15) is 0 Å². The fourth-order valence-electron chi connectivity index (χ4n) is 3.06. The summed E-state index contributed by atoms with van der Waals surface area (Å²) in [6, 6.07) is 22.7. The first kappa shape index (κ1) is 14.5. The van der Waals surface area contributed by atoms with Crippen molar-refractivity contribution in [2.45, 2.75) is 0 Å². The van der Waals surface area contributed by atoms with Crippen LogP contribution in [-0.4, -0.2) is 12.1 Å². The fourth-order valence-corrected chi connectivity index (χ4v) is 3.06. The van der Waals surface area contributed by atoms with Gasteiger partial charge in [-0.1, -0.05) is 60.7 Å². The lowest BCUT2D eigenvalue weighted by atomic mass is 10.0. The molecule has 116 valence electrons. The number of methoxy groups -OCH3 is 1. The van der Waals surface area contributed by atoms with E-state index in [0.29, 0.717) is 0 Å². The van der Waals surface area contributed by atoms with Gasteiger partial charge in [-0.25, -0.2) is 0 Å². The Balaban J connectivity index is 1.83. The third kappa shape index (κ3) is 2.52. The van der Waals surface area contributed by atoms with E-state index in [4.69, 9.17) is 4.74 Å². The van der Waals surface area contributed by atoms with Crippen molar-refractivity contribution in [2.75, 3.05) is 7.11 Å². The number of rotatable bonds is 3. The molecule has 4 aromatic rings. The minimum atomic E-state index is 0.900. The first-order chi connectivity index (χ1) is 11.9. The number of fused-ring (bicyclic) bond motifs is 2. The fraction of sp³-hybridized carbons (Fsp3) is 0.0455. The number of nitrogens with zero attached hydrogens (tertiary/aromatic N) is 1. The topological polar surface area (TPSA) is 22.1 Å². The van der Waals surface area contributed by atoms with E-state index >= 15 is 0 Å². The van der Waals surface area contributed by atoms with E-state index in [2.05, 4.69) is 47.5 Å². The molecule has 2 nitrogen and oxygen atoms in total. The van der Waals surface area contributed by atoms with Crippen LogP contribution in [0.15, 0.2) is 72.9 Å². The predicted molar refractivity (Wildman–Crippen MR) is 101 cm³/mol. The van der Waals surface area contributed by atoms with E-state index in [1.807, 2.05) is 42.6 Å². The zero-order valence-corrected chi connectivity index (χ0v) is 13.4. The van der Waals surface area contributed by atoms with Gasteiger partial charge in [-0.15, -0.1) is 0 Å².